The van der Waals surface area contributed by atoms with Crippen molar-refractivity contribution in [1.29, 1.82) is 0 Å². The average molecular weight is 523 g/mol. The SMILES string of the molecule is NCCS(=O)(=O)c1ccc(-c2cccc3c2nc(N)n3C2CNC2)c(C2NNNN2)c1S(N)(=O)=O. The molecule has 0 spiro atoms. The van der Waals surface area contributed by atoms with Gasteiger partial charge in [-0.2, -0.15) is 11.1 Å². The van der Waals surface area contributed by atoms with Crippen molar-refractivity contribution in [3.63, 3.8) is 0 Å². The van der Waals surface area contributed by atoms with E-state index >= 15 is 0 Å². The van der Waals surface area contributed by atoms with Crippen LogP contribution < -0.4 is 43.8 Å². The summed E-state index contributed by atoms with van der Waals surface area (Å²) in [5, 5.41) is 8.81. The van der Waals surface area contributed by atoms with Gasteiger partial charge in [-0.1, -0.05) is 18.2 Å². The highest BCUT2D eigenvalue weighted by Gasteiger charge is 2.34. The lowest BCUT2D eigenvalue weighted by Crippen LogP contribution is -2.43. The van der Waals surface area contributed by atoms with Gasteiger partial charge in [-0.3, -0.25) is 0 Å². The molecule has 35 heavy (non-hydrogen) atoms. The van der Waals surface area contributed by atoms with Gasteiger partial charge in [-0.15, -0.1) is 0 Å². The zero-order valence-electron chi connectivity index (χ0n) is 18.4. The minimum absolute atomic E-state index is 0.106. The number of nitrogens with one attached hydrogen (secondary N) is 5. The Balaban J connectivity index is 1.83. The molecule has 3 aromatic rings. The number of fused-ring (bicyclic) bond motifs is 1. The molecule has 16 heteroatoms. The number of nitrogens with zero attached hydrogens (tertiary/aromatic N) is 2. The maximum atomic E-state index is 13.0. The number of nitrogen functional groups attached to an aromatic ring is 1. The Bertz CT molecular complexity index is 1510. The molecule has 2 aliphatic rings. The Hall–Kier alpha value is -2.67. The first kappa shape index (κ1) is 24.0. The van der Waals surface area contributed by atoms with E-state index in [-0.39, 0.29) is 18.2 Å². The summed E-state index contributed by atoms with van der Waals surface area (Å²) in [5.74, 6) is -0.114. The van der Waals surface area contributed by atoms with Crippen molar-refractivity contribution >= 4 is 36.8 Å². The van der Waals surface area contributed by atoms with Crippen LogP contribution >= 0.6 is 0 Å². The Labute approximate surface area is 201 Å². The highest BCUT2D eigenvalue weighted by atomic mass is 32.2. The van der Waals surface area contributed by atoms with Crippen LogP contribution in [0.5, 0.6) is 0 Å². The zero-order valence-corrected chi connectivity index (χ0v) is 20.1. The van der Waals surface area contributed by atoms with Crippen LogP contribution in [-0.2, 0) is 19.9 Å². The Morgan fingerprint density at radius 1 is 1.03 bits per heavy atom. The fraction of sp³-hybridized carbons (Fsp3) is 0.316. The van der Waals surface area contributed by atoms with Crippen LogP contribution in [0, 0.1) is 0 Å². The molecule has 0 amide bonds. The number of rotatable bonds is 7. The molecular weight excluding hydrogens is 496 g/mol. The summed E-state index contributed by atoms with van der Waals surface area (Å²) >= 11 is 0. The molecule has 11 N–H and O–H groups in total. The van der Waals surface area contributed by atoms with Crippen molar-refractivity contribution in [2.24, 2.45) is 10.9 Å². The first-order chi connectivity index (χ1) is 16.6. The number of sulfone groups is 1. The second-order valence-corrected chi connectivity index (χ2v) is 11.9. The van der Waals surface area contributed by atoms with E-state index in [4.69, 9.17) is 16.6 Å². The van der Waals surface area contributed by atoms with Crippen molar-refractivity contribution in [2.75, 3.05) is 31.1 Å². The third-order valence-corrected chi connectivity index (χ3v) is 9.03. The number of para-hydroxylation sites is 1. The Morgan fingerprint density at radius 2 is 1.74 bits per heavy atom. The number of anilines is 1. The van der Waals surface area contributed by atoms with E-state index in [1.807, 2.05) is 16.7 Å². The van der Waals surface area contributed by atoms with E-state index in [1.165, 1.54) is 6.07 Å². The summed E-state index contributed by atoms with van der Waals surface area (Å²) in [6.45, 7) is 1.32. The lowest BCUT2D eigenvalue weighted by atomic mass is 9.96. The van der Waals surface area contributed by atoms with Gasteiger partial charge in [0.25, 0.3) is 0 Å². The van der Waals surface area contributed by atoms with E-state index < -0.39 is 41.6 Å². The highest BCUT2D eigenvalue weighted by Crippen LogP contribution is 2.40. The van der Waals surface area contributed by atoms with Crippen LogP contribution in [0.3, 0.4) is 0 Å². The molecule has 0 saturated carbocycles. The number of aromatic nitrogens is 2. The molecule has 2 aromatic carbocycles. The van der Waals surface area contributed by atoms with Crippen molar-refractivity contribution in [1.82, 2.24) is 36.8 Å². The minimum atomic E-state index is -4.51. The number of hydrogen-bond acceptors (Lipinski definition) is 12. The quantitative estimate of drug-likeness (QED) is 0.167. The van der Waals surface area contributed by atoms with Gasteiger partial charge < -0.3 is 21.4 Å². The molecule has 2 fully saturated rings. The molecule has 188 valence electrons. The molecule has 0 atom stereocenters. The summed E-state index contributed by atoms with van der Waals surface area (Å²) < 4.78 is 53.6. The lowest BCUT2D eigenvalue weighted by molar-refractivity contribution is 0.354. The van der Waals surface area contributed by atoms with Crippen LogP contribution in [0.2, 0.25) is 0 Å². The number of hydrazine groups is 3. The van der Waals surface area contributed by atoms with E-state index in [9.17, 15) is 16.8 Å². The van der Waals surface area contributed by atoms with Crippen LogP contribution in [0.15, 0.2) is 40.1 Å². The van der Waals surface area contributed by atoms with Gasteiger partial charge in [0.05, 0.1) is 27.7 Å². The number of nitrogens with two attached hydrogens (primary N) is 3. The second kappa shape index (κ2) is 8.77. The van der Waals surface area contributed by atoms with Gasteiger partial charge in [-0.25, -0.2) is 37.8 Å². The summed E-state index contributed by atoms with van der Waals surface area (Å²) in [4.78, 5) is 3.64. The third kappa shape index (κ3) is 4.07. The van der Waals surface area contributed by atoms with E-state index in [0.717, 1.165) is 18.6 Å². The van der Waals surface area contributed by atoms with E-state index in [0.29, 0.717) is 22.6 Å². The minimum Gasteiger partial charge on any atom is -0.369 e. The molecule has 5 rings (SSSR count). The second-order valence-electron chi connectivity index (χ2n) is 8.30. The summed E-state index contributed by atoms with van der Waals surface area (Å²) in [5.41, 5.74) is 25.1. The fourth-order valence-corrected chi connectivity index (χ4v) is 7.30. The number of imidazole rings is 1. The number of primary sulfonamides is 1. The van der Waals surface area contributed by atoms with Gasteiger partial charge >= 0.3 is 0 Å². The largest absolute Gasteiger partial charge is 0.369 e. The molecule has 3 heterocycles. The van der Waals surface area contributed by atoms with Crippen LogP contribution in [-0.4, -0.2) is 51.8 Å². The lowest BCUT2D eigenvalue weighted by Gasteiger charge is -2.29. The van der Waals surface area contributed by atoms with Gasteiger partial charge in [0.1, 0.15) is 11.1 Å². The van der Waals surface area contributed by atoms with E-state index in [1.54, 1.807) is 12.1 Å². The number of hydrogen-bond donors (Lipinski definition) is 8. The Morgan fingerprint density at radius 3 is 2.34 bits per heavy atom. The molecule has 0 aliphatic carbocycles. The topological polar surface area (TPSA) is 224 Å². The predicted octanol–water partition coefficient (Wildman–Crippen LogP) is -2.07. The summed E-state index contributed by atoms with van der Waals surface area (Å²) in [6.07, 6.45) is -0.864. The zero-order chi connectivity index (χ0) is 25.0. The van der Waals surface area contributed by atoms with Crippen LogP contribution in [0.25, 0.3) is 22.2 Å². The normalized spacial score (nSPS) is 17.8. The van der Waals surface area contributed by atoms with Crippen molar-refractivity contribution in [3.8, 4) is 11.1 Å². The van der Waals surface area contributed by atoms with Gasteiger partial charge in [0.2, 0.25) is 16.0 Å². The first-order valence-corrected chi connectivity index (χ1v) is 13.9. The van der Waals surface area contributed by atoms with Crippen molar-refractivity contribution < 1.29 is 16.8 Å². The molecule has 2 aliphatic heterocycles. The fourth-order valence-electron chi connectivity index (χ4n) is 4.49. The maximum absolute atomic E-state index is 13.0. The summed E-state index contributed by atoms with van der Waals surface area (Å²) in [7, 11) is -8.57. The van der Waals surface area contributed by atoms with Crippen LogP contribution in [0.1, 0.15) is 17.8 Å². The number of sulfonamides is 1. The maximum Gasteiger partial charge on any atom is 0.239 e. The van der Waals surface area contributed by atoms with Crippen LogP contribution in [0.4, 0.5) is 5.95 Å². The molecule has 0 bridgehead atoms. The molecule has 0 unspecified atom stereocenters. The van der Waals surface area contributed by atoms with Crippen molar-refractivity contribution in [3.05, 3.63) is 35.9 Å². The average Bonchev–Trinajstić information content (AvgIpc) is 3.39. The summed E-state index contributed by atoms with van der Waals surface area (Å²) in [6, 6.07) is 8.40. The Kier molecular flexibility index (Phi) is 6.02. The highest BCUT2D eigenvalue weighted by molar-refractivity contribution is 7.93. The molecule has 0 radical (unpaired) electrons. The molecular formula is C19H26N10O4S2. The van der Waals surface area contributed by atoms with Gasteiger partial charge in [-0.05, 0) is 17.7 Å². The molecule has 14 nitrogen and oxygen atoms in total. The smallest absolute Gasteiger partial charge is 0.239 e. The molecule has 1 aromatic heterocycles. The molecule has 2 saturated heterocycles. The van der Waals surface area contributed by atoms with Gasteiger partial charge in [0.15, 0.2) is 9.84 Å². The van der Waals surface area contributed by atoms with Crippen molar-refractivity contribution in [2.45, 2.75) is 22.0 Å². The monoisotopic (exact) mass is 522 g/mol. The first-order valence-electron chi connectivity index (χ1n) is 10.7. The predicted molar refractivity (Wildman–Crippen MR) is 129 cm³/mol. The number of benzene rings is 2. The van der Waals surface area contributed by atoms with Gasteiger partial charge in [0, 0.05) is 30.8 Å². The van der Waals surface area contributed by atoms with E-state index in [2.05, 4.69) is 32.2 Å². The standard InChI is InChI=1S/C19H26N10O4S2/c20-6-7-34(30,31)14-5-4-11(15(17(14)35(22,32)33)18-25-27-28-26-18)12-2-1-3-13-16(12)24-19(21)29(13)10-8-23-9-10/h1-5,10,18,23,25-28H,6-9,20H2,(H2,21,24)(H2,22,32,33). The third-order valence-electron chi connectivity index (χ3n) is 6.11.